The highest BCUT2D eigenvalue weighted by molar-refractivity contribution is 5.92. The molecule has 0 amide bonds. The molecule has 0 bridgehead atoms. The van der Waals surface area contributed by atoms with Gasteiger partial charge in [-0.15, -0.1) is 0 Å². The van der Waals surface area contributed by atoms with E-state index in [9.17, 15) is 23.5 Å². The predicted molar refractivity (Wildman–Crippen MR) is 126 cm³/mol. The molecule has 11 heteroatoms. The molecule has 1 aromatic carbocycles. The third kappa shape index (κ3) is 5.15. The average Bonchev–Trinajstić information content (AvgIpc) is 2.80. The van der Waals surface area contributed by atoms with E-state index < -0.39 is 34.4 Å². The Hall–Kier alpha value is -3.44. The van der Waals surface area contributed by atoms with Crippen molar-refractivity contribution in [3.05, 3.63) is 63.7 Å². The van der Waals surface area contributed by atoms with Gasteiger partial charge in [0.15, 0.2) is 17.3 Å². The van der Waals surface area contributed by atoms with Crippen LogP contribution in [0.5, 0.6) is 0 Å². The van der Waals surface area contributed by atoms with Crippen LogP contribution in [0, 0.1) is 17.5 Å². The monoisotopic (exact) mass is 489 g/mol. The molecule has 186 valence electrons. The fourth-order valence-electron chi connectivity index (χ4n) is 4.24. The van der Waals surface area contributed by atoms with Crippen LogP contribution in [0.1, 0.15) is 16.8 Å². The molecule has 1 aliphatic heterocycles. The van der Waals surface area contributed by atoms with Crippen molar-refractivity contribution in [2.24, 2.45) is 0 Å². The summed E-state index contributed by atoms with van der Waals surface area (Å²) in [5.41, 5.74) is -1.94. The maximum atomic E-state index is 15.1. The topological polar surface area (TPSA) is 81.9 Å². The van der Waals surface area contributed by atoms with Crippen molar-refractivity contribution < 1.29 is 23.1 Å². The van der Waals surface area contributed by atoms with Crippen molar-refractivity contribution in [2.45, 2.75) is 6.42 Å². The fourth-order valence-corrected chi connectivity index (χ4v) is 4.24. The van der Waals surface area contributed by atoms with Crippen molar-refractivity contribution in [3.63, 3.8) is 0 Å². The maximum absolute atomic E-state index is 15.1. The molecule has 0 radical (unpaired) electrons. The van der Waals surface area contributed by atoms with Crippen LogP contribution in [0.15, 0.2) is 35.3 Å². The Labute approximate surface area is 199 Å². The number of carboxylic acid groups (broad SMARTS) is 1. The quantitative estimate of drug-likeness (QED) is 0.546. The van der Waals surface area contributed by atoms with Crippen molar-refractivity contribution in [3.8, 4) is 5.69 Å². The summed E-state index contributed by atoms with van der Waals surface area (Å²) in [5, 5.41) is 9.15. The van der Waals surface area contributed by atoms with Crippen molar-refractivity contribution in [2.75, 3.05) is 58.3 Å². The highest BCUT2D eigenvalue weighted by Crippen LogP contribution is 2.25. The number of aromatic carboxylic acids is 1. The van der Waals surface area contributed by atoms with Gasteiger partial charge in [-0.1, -0.05) is 0 Å². The number of piperazine rings is 1. The van der Waals surface area contributed by atoms with Gasteiger partial charge >= 0.3 is 5.97 Å². The van der Waals surface area contributed by atoms with Gasteiger partial charge in [-0.2, -0.15) is 0 Å². The predicted octanol–water partition coefficient (Wildman–Crippen LogP) is 2.57. The van der Waals surface area contributed by atoms with Gasteiger partial charge in [-0.3, -0.25) is 14.3 Å². The summed E-state index contributed by atoms with van der Waals surface area (Å²) < 4.78 is 44.3. The van der Waals surface area contributed by atoms with E-state index in [0.717, 1.165) is 48.5 Å². The summed E-state index contributed by atoms with van der Waals surface area (Å²) >= 11 is 0. The van der Waals surface area contributed by atoms with Gasteiger partial charge in [-0.05, 0) is 51.8 Å². The van der Waals surface area contributed by atoms with E-state index in [0.29, 0.717) is 32.2 Å². The highest BCUT2D eigenvalue weighted by Gasteiger charge is 2.24. The SMILES string of the molecule is CN(C)CCCN1CCN(c2nc3c(cc2F)c(=O)c(C(=O)O)cn3-c2ccc(F)cc2F)CC1. The second-order valence-corrected chi connectivity index (χ2v) is 8.79. The molecule has 4 rings (SSSR count). The number of fused-ring (bicyclic) bond motifs is 1. The second-order valence-electron chi connectivity index (χ2n) is 8.79. The van der Waals surface area contributed by atoms with Gasteiger partial charge in [-0.25, -0.2) is 22.9 Å². The number of carbonyl (C=O) groups is 1. The number of hydrogen-bond acceptors (Lipinski definition) is 6. The first kappa shape index (κ1) is 24.7. The van der Waals surface area contributed by atoms with E-state index in [1.807, 2.05) is 14.1 Å². The van der Waals surface area contributed by atoms with Gasteiger partial charge < -0.3 is 14.9 Å². The minimum atomic E-state index is -1.55. The summed E-state index contributed by atoms with van der Waals surface area (Å²) in [7, 11) is 4.03. The van der Waals surface area contributed by atoms with Gasteiger partial charge in [0.1, 0.15) is 17.2 Å². The summed E-state index contributed by atoms with van der Waals surface area (Å²) in [6.07, 6.45) is 1.94. The summed E-state index contributed by atoms with van der Waals surface area (Å²) in [6, 6.07) is 3.69. The molecule has 0 unspecified atom stereocenters. The van der Waals surface area contributed by atoms with Gasteiger partial charge in [0.05, 0.1) is 11.1 Å². The Kier molecular flexibility index (Phi) is 7.08. The second kappa shape index (κ2) is 10.0. The average molecular weight is 489 g/mol. The number of pyridine rings is 2. The Bertz CT molecular complexity index is 1320. The van der Waals surface area contributed by atoms with Gasteiger partial charge in [0.2, 0.25) is 5.43 Å². The standard InChI is InChI=1S/C24H26F3N5O3/c1-29(2)6-3-7-30-8-10-31(11-9-30)23-19(27)13-16-21(33)17(24(34)35)14-32(22(16)28-23)20-5-4-15(25)12-18(20)26/h4-5,12-14H,3,6-11H2,1-2H3,(H,34,35). The Morgan fingerprint density at radius 1 is 1.09 bits per heavy atom. The number of anilines is 1. The lowest BCUT2D eigenvalue weighted by Gasteiger charge is -2.35. The minimum absolute atomic E-state index is 0.0100. The molecule has 0 spiro atoms. The highest BCUT2D eigenvalue weighted by atomic mass is 19.1. The number of carboxylic acids is 1. The molecular weight excluding hydrogens is 463 g/mol. The number of halogens is 3. The van der Waals surface area contributed by atoms with E-state index in [2.05, 4.69) is 14.8 Å². The van der Waals surface area contributed by atoms with Crippen LogP contribution in [0.4, 0.5) is 19.0 Å². The maximum Gasteiger partial charge on any atom is 0.341 e. The first-order chi connectivity index (χ1) is 16.7. The number of rotatable bonds is 7. The third-order valence-electron chi connectivity index (χ3n) is 6.06. The molecule has 0 atom stereocenters. The van der Waals surface area contributed by atoms with Crippen LogP contribution >= 0.6 is 0 Å². The molecule has 3 aromatic rings. The van der Waals surface area contributed by atoms with E-state index in [4.69, 9.17) is 0 Å². The fraction of sp³-hybridized carbons (Fsp3) is 0.375. The van der Waals surface area contributed by atoms with Crippen LogP contribution in [0.25, 0.3) is 16.7 Å². The van der Waals surface area contributed by atoms with Gasteiger partial charge in [0.25, 0.3) is 0 Å². The number of nitrogens with zero attached hydrogens (tertiary/aromatic N) is 5. The first-order valence-corrected chi connectivity index (χ1v) is 11.2. The zero-order chi connectivity index (χ0) is 25.3. The van der Waals surface area contributed by atoms with Gasteiger partial charge in [0, 0.05) is 38.4 Å². The Balaban J connectivity index is 1.74. The van der Waals surface area contributed by atoms with Crippen LogP contribution in [0.3, 0.4) is 0 Å². The molecule has 0 aliphatic carbocycles. The lowest BCUT2D eigenvalue weighted by Crippen LogP contribution is -2.47. The number of aromatic nitrogens is 2. The van der Waals surface area contributed by atoms with E-state index in [1.54, 1.807) is 4.90 Å². The van der Waals surface area contributed by atoms with Crippen molar-refractivity contribution in [1.82, 2.24) is 19.4 Å². The van der Waals surface area contributed by atoms with Crippen molar-refractivity contribution >= 4 is 22.8 Å². The minimum Gasteiger partial charge on any atom is -0.477 e. The van der Waals surface area contributed by atoms with Crippen LogP contribution in [-0.4, -0.2) is 83.8 Å². The summed E-state index contributed by atoms with van der Waals surface area (Å²) in [5.74, 6) is -4.14. The zero-order valence-electron chi connectivity index (χ0n) is 19.5. The van der Waals surface area contributed by atoms with Crippen LogP contribution < -0.4 is 10.3 Å². The smallest absolute Gasteiger partial charge is 0.341 e. The number of hydrogen-bond donors (Lipinski definition) is 1. The molecule has 1 saturated heterocycles. The van der Waals surface area contributed by atoms with E-state index in [1.165, 1.54) is 0 Å². The normalized spacial score (nSPS) is 14.7. The number of benzene rings is 1. The van der Waals surface area contributed by atoms with Crippen LogP contribution in [0.2, 0.25) is 0 Å². The lowest BCUT2D eigenvalue weighted by molar-refractivity contribution is 0.0695. The molecule has 1 N–H and O–H groups in total. The zero-order valence-corrected chi connectivity index (χ0v) is 19.5. The largest absolute Gasteiger partial charge is 0.477 e. The molecule has 1 aliphatic rings. The summed E-state index contributed by atoms with van der Waals surface area (Å²) in [4.78, 5) is 34.9. The Morgan fingerprint density at radius 2 is 1.80 bits per heavy atom. The molecule has 35 heavy (non-hydrogen) atoms. The molecule has 8 nitrogen and oxygen atoms in total. The Morgan fingerprint density at radius 3 is 2.43 bits per heavy atom. The summed E-state index contributed by atoms with van der Waals surface area (Å²) in [6.45, 7) is 4.28. The molecule has 1 fully saturated rings. The van der Waals surface area contributed by atoms with E-state index >= 15 is 4.39 Å². The molecule has 0 saturated carbocycles. The van der Waals surface area contributed by atoms with E-state index in [-0.39, 0.29) is 22.5 Å². The lowest BCUT2D eigenvalue weighted by atomic mass is 10.1. The third-order valence-corrected chi connectivity index (χ3v) is 6.06. The first-order valence-electron chi connectivity index (χ1n) is 11.2. The molecular formula is C24H26F3N5O3. The molecule has 3 heterocycles. The van der Waals surface area contributed by atoms with Crippen LogP contribution in [-0.2, 0) is 0 Å². The van der Waals surface area contributed by atoms with Crippen molar-refractivity contribution in [1.29, 1.82) is 0 Å². The molecule has 2 aromatic heterocycles.